The zero-order valence-electron chi connectivity index (χ0n) is 15.9. The summed E-state index contributed by atoms with van der Waals surface area (Å²) in [6.45, 7) is 4.01. The van der Waals surface area contributed by atoms with Crippen LogP contribution in [0.4, 0.5) is 8.78 Å². The van der Waals surface area contributed by atoms with Gasteiger partial charge in [-0.05, 0) is 43.2 Å². The second-order valence-corrected chi connectivity index (χ2v) is 8.17. The maximum atomic E-state index is 13.9. The standard InChI is InChI=1S/C21H23F2NO3S/c1-3-28-10-9-27-21(26)18-12(2)24-16-5-4-6-17(25)20(16)19(18)13-7-8-14(22)15(23)11-13/h7-8,11,19,24H,3-6,9-10H2,1-2H3/t19-/m0/s1. The number of ether oxygens (including phenoxy) is 1. The fourth-order valence-electron chi connectivity index (χ4n) is 3.69. The second-order valence-electron chi connectivity index (χ2n) is 6.77. The van der Waals surface area contributed by atoms with Crippen molar-refractivity contribution >= 4 is 23.5 Å². The highest BCUT2D eigenvalue weighted by Gasteiger charge is 2.39. The molecule has 0 radical (unpaired) electrons. The number of ketones is 1. The van der Waals surface area contributed by atoms with E-state index in [1.807, 2.05) is 6.92 Å². The summed E-state index contributed by atoms with van der Waals surface area (Å²) in [5, 5.41) is 3.17. The minimum absolute atomic E-state index is 0.0807. The quantitative estimate of drug-likeness (QED) is 0.565. The SMILES string of the molecule is CCSCCOC(=O)C1=C(C)NC2=C(C(=O)CCC2)[C@H]1c1ccc(F)c(F)c1. The van der Waals surface area contributed by atoms with E-state index in [0.29, 0.717) is 35.4 Å². The highest BCUT2D eigenvalue weighted by atomic mass is 32.2. The Balaban J connectivity index is 2.01. The summed E-state index contributed by atoms with van der Waals surface area (Å²) < 4.78 is 32.8. The molecule has 3 rings (SSSR count). The lowest BCUT2D eigenvalue weighted by molar-refractivity contribution is -0.138. The highest BCUT2D eigenvalue weighted by Crippen LogP contribution is 2.42. The Labute approximate surface area is 167 Å². The number of allylic oxidation sites excluding steroid dienone is 3. The van der Waals surface area contributed by atoms with Crippen LogP contribution in [0.5, 0.6) is 0 Å². The van der Waals surface area contributed by atoms with Gasteiger partial charge in [-0.1, -0.05) is 13.0 Å². The monoisotopic (exact) mass is 407 g/mol. The number of Topliss-reactive ketones (excluding diaryl/α,β-unsaturated/α-hetero) is 1. The van der Waals surface area contributed by atoms with Crippen LogP contribution in [0.15, 0.2) is 40.7 Å². The molecular weight excluding hydrogens is 384 g/mol. The summed E-state index contributed by atoms with van der Waals surface area (Å²) in [5.41, 5.74) is 2.44. The third-order valence-corrected chi connectivity index (χ3v) is 5.80. The van der Waals surface area contributed by atoms with Crippen LogP contribution in [0.1, 0.15) is 44.6 Å². The first-order valence-electron chi connectivity index (χ1n) is 9.37. The van der Waals surface area contributed by atoms with E-state index in [4.69, 9.17) is 4.74 Å². The first-order valence-corrected chi connectivity index (χ1v) is 10.5. The molecule has 0 amide bonds. The zero-order valence-corrected chi connectivity index (χ0v) is 16.8. The number of carbonyl (C=O) groups is 2. The van der Waals surface area contributed by atoms with Crippen molar-refractivity contribution in [1.82, 2.24) is 5.32 Å². The van der Waals surface area contributed by atoms with E-state index < -0.39 is 23.5 Å². The zero-order chi connectivity index (χ0) is 20.3. The minimum atomic E-state index is -1.01. The Kier molecular flexibility index (Phi) is 6.54. The van der Waals surface area contributed by atoms with Gasteiger partial charge in [0.2, 0.25) is 0 Å². The highest BCUT2D eigenvalue weighted by molar-refractivity contribution is 7.99. The predicted octanol–water partition coefficient (Wildman–Crippen LogP) is 4.23. The number of rotatable bonds is 6. The molecule has 1 atom stereocenters. The first kappa shape index (κ1) is 20.6. The fraction of sp³-hybridized carbons (Fsp3) is 0.429. The summed E-state index contributed by atoms with van der Waals surface area (Å²) in [5.74, 6) is -1.77. The largest absolute Gasteiger partial charge is 0.461 e. The van der Waals surface area contributed by atoms with E-state index in [1.165, 1.54) is 6.07 Å². The van der Waals surface area contributed by atoms with Crippen molar-refractivity contribution in [2.24, 2.45) is 0 Å². The molecule has 1 aromatic rings. The molecule has 1 heterocycles. The average molecular weight is 407 g/mol. The van der Waals surface area contributed by atoms with Crippen LogP contribution in [-0.2, 0) is 14.3 Å². The first-order chi connectivity index (χ1) is 13.4. The van der Waals surface area contributed by atoms with Crippen LogP contribution < -0.4 is 5.32 Å². The number of halogens is 2. The van der Waals surface area contributed by atoms with E-state index in [1.54, 1.807) is 18.7 Å². The third-order valence-electron chi connectivity index (χ3n) is 4.94. The molecule has 0 aromatic heterocycles. The molecule has 1 aliphatic carbocycles. The number of hydrogen-bond donors (Lipinski definition) is 1. The summed E-state index contributed by atoms with van der Waals surface area (Å²) >= 11 is 1.65. The van der Waals surface area contributed by atoms with Crippen LogP contribution in [-0.4, -0.2) is 29.9 Å². The number of esters is 1. The third kappa shape index (κ3) is 4.14. The van der Waals surface area contributed by atoms with Gasteiger partial charge in [0.25, 0.3) is 0 Å². The summed E-state index contributed by atoms with van der Waals surface area (Å²) in [7, 11) is 0. The molecular formula is C21H23F2NO3S. The number of hydrogen-bond acceptors (Lipinski definition) is 5. The number of dihydropyridines is 1. The van der Waals surface area contributed by atoms with Gasteiger partial charge in [-0.15, -0.1) is 0 Å². The smallest absolute Gasteiger partial charge is 0.336 e. The summed E-state index contributed by atoms with van der Waals surface area (Å²) in [6, 6.07) is 3.51. The molecule has 28 heavy (non-hydrogen) atoms. The van der Waals surface area contributed by atoms with Crippen molar-refractivity contribution in [2.75, 3.05) is 18.1 Å². The van der Waals surface area contributed by atoms with Crippen molar-refractivity contribution in [3.63, 3.8) is 0 Å². The Bertz CT molecular complexity index is 863. The molecule has 0 bridgehead atoms. The molecule has 0 unspecified atom stereocenters. The number of benzene rings is 1. The number of thioether (sulfide) groups is 1. The molecule has 150 valence electrons. The molecule has 1 N–H and O–H groups in total. The van der Waals surface area contributed by atoms with Crippen molar-refractivity contribution in [3.8, 4) is 0 Å². The topological polar surface area (TPSA) is 55.4 Å². The second kappa shape index (κ2) is 8.90. The maximum Gasteiger partial charge on any atom is 0.336 e. The normalized spacial score (nSPS) is 19.4. The molecule has 1 aliphatic heterocycles. The molecule has 1 aromatic carbocycles. The fourth-order valence-corrected chi connectivity index (χ4v) is 4.18. The van der Waals surface area contributed by atoms with Crippen LogP contribution in [0, 0.1) is 11.6 Å². The average Bonchev–Trinajstić information content (AvgIpc) is 2.66. The van der Waals surface area contributed by atoms with Gasteiger partial charge in [0.15, 0.2) is 17.4 Å². The van der Waals surface area contributed by atoms with Crippen LogP contribution in [0.3, 0.4) is 0 Å². The van der Waals surface area contributed by atoms with Gasteiger partial charge in [0, 0.05) is 35.1 Å². The van der Waals surface area contributed by atoms with E-state index in [9.17, 15) is 18.4 Å². The van der Waals surface area contributed by atoms with E-state index in [0.717, 1.165) is 30.0 Å². The molecule has 0 spiro atoms. The predicted molar refractivity (Wildman–Crippen MR) is 105 cm³/mol. The molecule has 4 nitrogen and oxygen atoms in total. The van der Waals surface area contributed by atoms with Gasteiger partial charge in [-0.25, -0.2) is 13.6 Å². The van der Waals surface area contributed by atoms with Crippen molar-refractivity contribution in [3.05, 3.63) is 57.9 Å². The molecule has 0 fully saturated rings. The molecule has 7 heteroatoms. The van der Waals surface area contributed by atoms with Gasteiger partial charge in [-0.3, -0.25) is 4.79 Å². The van der Waals surface area contributed by atoms with E-state index in [2.05, 4.69) is 5.32 Å². The number of carbonyl (C=O) groups excluding carboxylic acids is 2. The summed E-state index contributed by atoms with van der Waals surface area (Å²) in [6.07, 6.45) is 1.76. The Morgan fingerprint density at radius 3 is 2.79 bits per heavy atom. The number of nitrogens with one attached hydrogen (secondary N) is 1. The maximum absolute atomic E-state index is 13.9. The van der Waals surface area contributed by atoms with Crippen LogP contribution in [0.2, 0.25) is 0 Å². The van der Waals surface area contributed by atoms with Crippen LogP contribution in [0.25, 0.3) is 0 Å². The van der Waals surface area contributed by atoms with Crippen molar-refractivity contribution in [2.45, 2.75) is 39.0 Å². The lowest BCUT2D eigenvalue weighted by atomic mass is 9.75. The van der Waals surface area contributed by atoms with Crippen molar-refractivity contribution in [1.29, 1.82) is 0 Å². The van der Waals surface area contributed by atoms with Gasteiger partial charge >= 0.3 is 5.97 Å². The van der Waals surface area contributed by atoms with E-state index in [-0.39, 0.29) is 18.0 Å². The molecule has 0 saturated carbocycles. The Hall–Kier alpha value is -2.15. The Morgan fingerprint density at radius 1 is 1.29 bits per heavy atom. The van der Waals surface area contributed by atoms with Gasteiger partial charge in [-0.2, -0.15) is 11.8 Å². The minimum Gasteiger partial charge on any atom is -0.461 e. The van der Waals surface area contributed by atoms with Crippen molar-refractivity contribution < 1.29 is 23.1 Å². The van der Waals surface area contributed by atoms with Crippen LogP contribution >= 0.6 is 11.8 Å². The molecule has 2 aliphatic rings. The van der Waals surface area contributed by atoms with Gasteiger partial charge in [0.1, 0.15) is 6.61 Å². The lowest BCUT2D eigenvalue weighted by Gasteiger charge is -2.34. The molecule has 0 saturated heterocycles. The lowest BCUT2D eigenvalue weighted by Crippen LogP contribution is -2.34. The van der Waals surface area contributed by atoms with Gasteiger partial charge in [0.05, 0.1) is 5.57 Å². The summed E-state index contributed by atoms with van der Waals surface area (Å²) in [4.78, 5) is 25.6. The van der Waals surface area contributed by atoms with E-state index >= 15 is 0 Å². The Morgan fingerprint density at radius 2 is 2.07 bits per heavy atom. The van der Waals surface area contributed by atoms with Gasteiger partial charge < -0.3 is 10.1 Å².